The zero-order valence-electron chi connectivity index (χ0n) is 35.4. The van der Waals surface area contributed by atoms with E-state index in [1.165, 1.54) is 70.6 Å². The highest BCUT2D eigenvalue weighted by atomic mass is 16.7. The van der Waals surface area contributed by atoms with Crippen molar-refractivity contribution in [2.45, 2.75) is 224 Å². The fraction of sp³-hybridized carbons (Fsp3) is 0.826. The van der Waals surface area contributed by atoms with Crippen LogP contribution in [-0.2, 0) is 28.5 Å². The maximum absolute atomic E-state index is 12.8. The second-order valence-corrected chi connectivity index (χ2v) is 15.5. The molecule has 0 saturated carbocycles. The van der Waals surface area contributed by atoms with E-state index in [0.717, 1.165) is 77.0 Å². The smallest absolute Gasteiger partial charge is 0.306 e. The summed E-state index contributed by atoms with van der Waals surface area (Å²) < 4.78 is 22.1. The van der Waals surface area contributed by atoms with Crippen LogP contribution in [0, 0.1) is 0 Å². The summed E-state index contributed by atoms with van der Waals surface area (Å²) in [4.78, 5) is 25.3. The predicted octanol–water partition coefficient (Wildman–Crippen LogP) is 9.50. The van der Waals surface area contributed by atoms with E-state index in [4.69, 9.17) is 18.9 Å². The average molecular weight is 795 g/mol. The molecule has 0 radical (unpaired) electrons. The Morgan fingerprint density at radius 1 is 0.554 bits per heavy atom. The number of hydrogen-bond acceptors (Lipinski definition) is 10. The molecule has 6 unspecified atom stereocenters. The lowest BCUT2D eigenvalue weighted by Crippen LogP contribution is -2.59. The van der Waals surface area contributed by atoms with E-state index in [1.54, 1.807) is 0 Å². The summed E-state index contributed by atoms with van der Waals surface area (Å²) in [7, 11) is 0. The quantitative estimate of drug-likeness (QED) is 0.0272. The van der Waals surface area contributed by atoms with Gasteiger partial charge in [0, 0.05) is 12.8 Å². The van der Waals surface area contributed by atoms with Gasteiger partial charge in [0.25, 0.3) is 0 Å². The molecule has 0 bridgehead atoms. The zero-order valence-corrected chi connectivity index (χ0v) is 35.4. The van der Waals surface area contributed by atoms with Gasteiger partial charge in [-0.15, -0.1) is 0 Å². The minimum Gasteiger partial charge on any atom is -0.462 e. The Morgan fingerprint density at radius 3 is 1.54 bits per heavy atom. The monoisotopic (exact) mass is 795 g/mol. The molecular weight excluding hydrogens is 712 g/mol. The summed E-state index contributed by atoms with van der Waals surface area (Å²) in [5, 5.41) is 40.1. The Bertz CT molecular complexity index is 1010. The van der Waals surface area contributed by atoms with Gasteiger partial charge in [-0.25, -0.2) is 0 Å². The van der Waals surface area contributed by atoms with Crippen LogP contribution in [0.5, 0.6) is 0 Å². The molecule has 1 rings (SSSR count). The molecule has 56 heavy (non-hydrogen) atoms. The summed E-state index contributed by atoms with van der Waals surface area (Å²) in [6, 6.07) is 0. The molecule has 4 N–H and O–H groups in total. The molecular formula is C46H82O10. The fourth-order valence-electron chi connectivity index (χ4n) is 6.62. The fourth-order valence-corrected chi connectivity index (χ4v) is 6.62. The molecule has 0 aromatic rings. The van der Waals surface area contributed by atoms with E-state index in [1.807, 2.05) is 0 Å². The van der Waals surface area contributed by atoms with E-state index in [0.29, 0.717) is 12.8 Å². The van der Waals surface area contributed by atoms with Crippen LogP contribution in [0.25, 0.3) is 0 Å². The molecule has 1 aliphatic rings. The molecule has 0 spiro atoms. The molecule has 0 amide bonds. The number of unbranched alkanes of at least 4 members (excludes halogenated alkanes) is 20. The van der Waals surface area contributed by atoms with Crippen molar-refractivity contribution in [3.63, 3.8) is 0 Å². The van der Waals surface area contributed by atoms with Crippen molar-refractivity contribution < 1.29 is 49.0 Å². The third-order valence-corrected chi connectivity index (χ3v) is 10.2. The highest BCUT2D eigenvalue weighted by Gasteiger charge is 2.44. The van der Waals surface area contributed by atoms with E-state index in [-0.39, 0.29) is 32.0 Å². The molecule has 1 heterocycles. The molecule has 0 aromatic heterocycles. The zero-order chi connectivity index (χ0) is 40.9. The minimum atomic E-state index is -1.60. The molecule has 1 aliphatic heterocycles. The number of hydrogen-bond donors (Lipinski definition) is 4. The Labute approximate surface area is 340 Å². The molecule has 10 heteroatoms. The van der Waals surface area contributed by atoms with Gasteiger partial charge in [-0.3, -0.25) is 9.59 Å². The van der Waals surface area contributed by atoms with Crippen LogP contribution in [0.4, 0.5) is 0 Å². The van der Waals surface area contributed by atoms with Crippen molar-refractivity contribution in [1.29, 1.82) is 0 Å². The van der Waals surface area contributed by atoms with Crippen molar-refractivity contribution in [3.05, 3.63) is 36.5 Å². The first-order valence-corrected chi connectivity index (χ1v) is 22.6. The SMILES string of the molecule is CCCCC/C=C\C/C=C\CCCCCCCC(=O)OC(COC(=O)CCCCCCC/C=C\CCCCCCCCC)COC1OC(CO)C(O)C(O)C1O. The van der Waals surface area contributed by atoms with Gasteiger partial charge in [-0.05, 0) is 70.6 Å². The maximum atomic E-state index is 12.8. The molecule has 0 aromatic carbocycles. The van der Waals surface area contributed by atoms with Gasteiger partial charge >= 0.3 is 11.9 Å². The Balaban J connectivity index is 2.35. The Hall–Kier alpha value is -2.08. The second kappa shape index (κ2) is 37.2. The number of carbonyl (C=O) groups is 2. The lowest BCUT2D eigenvalue weighted by atomic mass is 9.99. The number of allylic oxidation sites excluding steroid dienone is 6. The topological polar surface area (TPSA) is 152 Å². The van der Waals surface area contributed by atoms with Crippen molar-refractivity contribution in [3.8, 4) is 0 Å². The lowest BCUT2D eigenvalue weighted by Gasteiger charge is -2.39. The molecule has 1 fully saturated rings. The van der Waals surface area contributed by atoms with Crippen LogP contribution in [0.1, 0.15) is 187 Å². The largest absolute Gasteiger partial charge is 0.462 e. The van der Waals surface area contributed by atoms with Crippen molar-refractivity contribution in [1.82, 2.24) is 0 Å². The Morgan fingerprint density at radius 2 is 1.00 bits per heavy atom. The molecule has 1 saturated heterocycles. The van der Waals surface area contributed by atoms with Gasteiger partial charge in [0.05, 0.1) is 13.2 Å². The molecule has 6 atom stereocenters. The standard InChI is InChI=1S/C46H82O10/c1-3-5-7-9-11-13-15-17-19-21-22-24-26-28-30-32-34-41(48)53-37-39(38-54-46-45(52)44(51)43(50)40(36-47)56-46)55-42(49)35-33-31-29-27-25-23-20-18-16-14-12-10-8-6-4-2/h12,14,18-21,39-40,43-47,50-52H,3-11,13,15-17,22-38H2,1-2H3/b14-12-,20-18-,21-19-. The van der Waals surface area contributed by atoms with Crippen molar-refractivity contribution in [2.24, 2.45) is 0 Å². The molecule has 10 nitrogen and oxygen atoms in total. The number of ether oxygens (including phenoxy) is 4. The average Bonchev–Trinajstić information content (AvgIpc) is 3.19. The lowest BCUT2D eigenvalue weighted by molar-refractivity contribution is -0.305. The summed E-state index contributed by atoms with van der Waals surface area (Å²) in [6.07, 6.45) is 34.3. The minimum absolute atomic E-state index is 0.212. The normalized spacial score (nSPS) is 20.7. The van der Waals surface area contributed by atoms with Crippen molar-refractivity contribution >= 4 is 11.9 Å². The Kier molecular flexibility index (Phi) is 34.5. The van der Waals surface area contributed by atoms with Crippen LogP contribution >= 0.6 is 0 Å². The summed E-state index contributed by atoms with van der Waals surface area (Å²) in [5.41, 5.74) is 0. The first kappa shape index (κ1) is 51.9. The summed E-state index contributed by atoms with van der Waals surface area (Å²) >= 11 is 0. The van der Waals surface area contributed by atoms with Gasteiger partial charge in [0.2, 0.25) is 0 Å². The number of carbonyl (C=O) groups excluding carboxylic acids is 2. The number of esters is 2. The first-order valence-electron chi connectivity index (χ1n) is 22.6. The van der Waals surface area contributed by atoms with Crippen LogP contribution in [0.2, 0.25) is 0 Å². The molecule has 0 aliphatic carbocycles. The van der Waals surface area contributed by atoms with E-state index in [9.17, 15) is 30.0 Å². The second-order valence-electron chi connectivity index (χ2n) is 15.5. The predicted molar refractivity (Wildman–Crippen MR) is 224 cm³/mol. The third-order valence-electron chi connectivity index (χ3n) is 10.2. The maximum Gasteiger partial charge on any atom is 0.306 e. The van der Waals surface area contributed by atoms with Gasteiger partial charge in [-0.2, -0.15) is 0 Å². The number of aliphatic hydroxyl groups excluding tert-OH is 4. The summed E-state index contributed by atoms with van der Waals surface area (Å²) in [5.74, 6) is -0.831. The highest BCUT2D eigenvalue weighted by molar-refractivity contribution is 5.70. The molecule has 326 valence electrons. The third kappa shape index (κ3) is 28.3. The van der Waals surface area contributed by atoms with Gasteiger partial charge in [-0.1, -0.05) is 140 Å². The van der Waals surface area contributed by atoms with Gasteiger partial charge in [0.15, 0.2) is 12.4 Å². The summed E-state index contributed by atoms with van der Waals surface area (Å²) in [6.45, 7) is 3.37. The van der Waals surface area contributed by atoms with Gasteiger partial charge in [0.1, 0.15) is 31.0 Å². The van der Waals surface area contributed by atoms with Gasteiger partial charge < -0.3 is 39.4 Å². The van der Waals surface area contributed by atoms with E-state index < -0.39 is 49.4 Å². The number of rotatable bonds is 37. The van der Waals surface area contributed by atoms with Crippen molar-refractivity contribution in [2.75, 3.05) is 19.8 Å². The van der Waals surface area contributed by atoms with Crippen LogP contribution < -0.4 is 0 Å². The van der Waals surface area contributed by atoms with E-state index in [2.05, 4.69) is 50.3 Å². The van der Waals surface area contributed by atoms with Crippen LogP contribution in [0.15, 0.2) is 36.5 Å². The van der Waals surface area contributed by atoms with Crippen LogP contribution in [-0.4, -0.2) is 89.0 Å². The van der Waals surface area contributed by atoms with Crippen LogP contribution in [0.3, 0.4) is 0 Å². The number of aliphatic hydroxyl groups is 4. The highest BCUT2D eigenvalue weighted by Crippen LogP contribution is 2.22. The first-order chi connectivity index (χ1) is 27.3. The van der Waals surface area contributed by atoms with E-state index >= 15 is 0 Å².